The van der Waals surface area contributed by atoms with Crippen molar-refractivity contribution in [1.29, 1.82) is 0 Å². The monoisotopic (exact) mass is 806 g/mol. The maximum atomic E-state index is 14.8. The van der Waals surface area contributed by atoms with E-state index < -0.39 is 35.2 Å². The highest BCUT2D eigenvalue weighted by Gasteiger charge is 2.61. The van der Waals surface area contributed by atoms with Crippen LogP contribution in [0.25, 0.3) is 10.9 Å². The lowest BCUT2D eigenvalue weighted by atomic mass is 9.97. The Morgan fingerprint density at radius 1 is 1.07 bits per heavy atom. The van der Waals surface area contributed by atoms with Crippen molar-refractivity contribution in [3.63, 3.8) is 0 Å². The van der Waals surface area contributed by atoms with Gasteiger partial charge >= 0.3 is 6.03 Å². The van der Waals surface area contributed by atoms with E-state index in [9.17, 15) is 19.2 Å². The van der Waals surface area contributed by atoms with E-state index in [0.717, 1.165) is 43.1 Å². The Labute approximate surface area is 339 Å². The molecule has 57 heavy (non-hydrogen) atoms. The van der Waals surface area contributed by atoms with Crippen LogP contribution in [0.2, 0.25) is 0 Å². The lowest BCUT2D eigenvalue weighted by Crippen LogP contribution is -2.66. The summed E-state index contributed by atoms with van der Waals surface area (Å²) in [4.78, 5) is 64.8. The number of aryl methyl sites for hydroxylation is 1. The van der Waals surface area contributed by atoms with Crippen LogP contribution in [0.3, 0.4) is 0 Å². The quantitative estimate of drug-likeness (QED) is 0.215. The zero-order chi connectivity index (χ0) is 40.7. The number of carbonyl (C=O) groups is 4. The first kappa shape index (κ1) is 40.9. The number of urea groups is 1. The maximum Gasteiger partial charge on any atom is 0.318 e. The molecule has 15 heteroatoms. The smallest absolute Gasteiger partial charge is 0.318 e. The van der Waals surface area contributed by atoms with Crippen molar-refractivity contribution in [3.05, 3.63) is 35.9 Å². The molecule has 0 spiro atoms. The third-order valence-corrected chi connectivity index (χ3v) is 13.3. The van der Waals surface area contributed by atoms with Crippen molar-refractivity contribution >= 4 is 46.6 Å². The van der Waals surface area contributed by atoms with E-state index in [4.69, 9.17) is 23.9 Å². The number of amides is 5. The Morgan fingerprint density at radius 3 is 2.54 bits per heavy atom. The molecule has 5 atom stereocenters. The molecule has 1 aromatic heterocycles. The lowest BCUT2D eigenvalue weighted by Gasteiger charge is -2.47. The van der Waals surface area contributed by atoms with E-state index in [1.54, 1.807) is 30.1 Å². The molecule has 0 bridgehead atoms. The number of carbonyl (C=O) groups excluding carboxylic acids is 4. The summed E-state index contributed by atoms with van der Waals surface area (Å²) in [6.45, 7) is 10.7. The highest BCUT2D eigenvalue weighted by atomic mass is 32.2. The first-order chi connectivity index (χ1) is 27.2. The average molecular weight is 807 g/mol. The number of methoxy groups -OCH3 is 2. The summed E-state index contributed by atoms with van der Waals surface area (Å²) in [6.07, 6.45) is 9.77. The minimum atomic E-state index is -1.13. The zero-order valence-corrected chi connectivity index (χ0v) is 35.1. The van der Waals surface area contributed by atoms with Crippen molar-refractivity contribution in [2.24, 2.45) is 5.92 Å². The Bertz CT molecular complexity index is 1910. The molecule has 1 aromatic carbocycles. The SMILES string of the molecule is COc1ccc2c(O[C@@H]3C[C@H]4C(=O)N[C@]5(C(=O)NSC6(C)CC6)C[C@H]5/C=C\CCCCC[C@H](NC(=O)N5CC(C)(OC)C5)C(=O)N4C3)cc(OC(C)C)nc2c1C. The number of rotatable bonds is 10. The van der Waals surface area contributed by atoms with Crippen LogP contribution in [0.15, 0.2) is 30.4 Å². The number of fused-ring (bicyclic) bond motifs is 3. The summed E-state index contributed by atoms with van der Waals surface area (Å²) < 4.78 is 27.0. The van der Waals surface area contributed by atoms with Gasteiger partial charge in [-0.25, -0.2) is 9.78 Å². The van der Waals surface area contributed by atoms with Gasteiger partial charge in [0.1, 0.15) is 40.8 Å². The highest BCUT2D eigenvalue weighted by Crippen LogP contribution is 2.49. The van der Waals surface area contributed by atoms with Crippen molar-refractivity contribution in [2.45, 2.75) is 133 Å². The second-order valence-corrected chi connectivity index (χ2v) is 18.6. The van der Waals surface area contributed by atoms with Gasteiger partial charge in [-0.3, -0.25) is 19.1 Å². The van der Waals surface area contributed by atoms with E-state index in [2.05, 4.69) is 34.4 Å². The number of nitrogens with zero attached hydrogens (tertiary/aromatic N) is 3. The first-order valence-electron chi connectivity index (χ1n) is 20.4. The van der Waals surface area contributed by atoms with Crippen molar-refractivity contribution in [1.82, 2.24) is 30.1 Å². The standard InChI is InChI=1S/C42H58N6O8S/c1-25(2)55-34-20-33(29-15-16-32(53-6)26(3)35(29)44-34)56-28-19-31-36(49)45-42(38(51)46-57-41(5)17-18-41)21-27(42)13-11-9-8-10-12-14-30(37(50)48(31)22-28)43-39(52)47-23-40(4,24-47)54-7/h11,13,15-16,20,25,27-28,30-31H,8-10,12,14,17-19,21-24H2,1-7H3,(H,43,52)(H,45,49)(H,46,51)/b13-11-/t27-,28-,30+,31+,42-/m1/s1. The summed E-state index contributed by atoms with van der Waals surface area (Å²) in [5, 5.41) is 6.89. The molecule has 14 nitrogen and oxygen atoms in total. The summed E-state index contributed by atoms with van der Waals surface area (Å²) in [5.74, 6) is 0.371. The minimum Gasteiger partial charge on any atom is -0.496 e. The maximum absolute atomic E-state index is 14.8. The van der Waals surface area contributed by atoms with Gasteiger partial charge in [0.05, 0.1) is 38.4 Å². The van der Waals surface area contributed by atoms with E-state index in [1.807, 2.05) is 39.8 Å². The molecule has 4 fully saturated rings. The van der Waals surface area contributed by atoms with Gasteiger partial charge in [-0.2, -0.15) is 0 Å². The number of aromatic nitrogens is 1. The molecule has 3 aliphatic heterocycles. The van der Waals surface area contributed by atoms with Gasteiger partial charge in [0, 0.05) is 41.2 Å². The average Bonchev–Trinajstić information content (AvgIpc) is 4.03. The van der Waals surface area contributed by atoms with Gasteiger partial charge in [0.25, 0.3) is 5.91 Å². The number of allylic oxidation sites excluding steroid dienone is 1. The number of nitrogens with one attached hydrogen (secondary N) is 3. The highest BCUT2D eigenvalue weighted by molar-refractivity contribution is 7.99. The molecule has 0 unspecified atom stereocenters. The summed E-state index contributed by atoms with van der Waals surface area (Å²) in [5.41, 5.74) is -0.0847. The van der Waals surface area contributed by atoms with Crippen molar-refractivity contribution in [2.75, 3.05) is 33.9 Å². The fourth-order valence-corrected chi connectivity index (χ4v) is 8.96. The Morgan fingerprint density at radius 2 is 1.84 bits per heavy atom. The van der Waals surface area contributed by atoms with Crippen LogP contribution in [0.1, 0.15) is 91.0 Å². The molecule has 4 heterocycles. The van der Waals surface area contributed by atoms with Gasteiger partial charge in [0.2, 0.25) is 17.7 Å². The number of pyridine rings is 1. The molecule has 0 radical (unpaired) electrons. The predicted octanol–water partition coefficient (Wildman–Crippen LogP) is 5.20. The molecule has 5 amide bonds. The number of hydrogen-bond acceptors (Lipinski definition) is 10. The second kappa shape index (κ2) is 16.2. The van der Waals surface area contributed by atoms with Crippen LogP contribution in [-0.2, 0) is 19.1 Å². The first-order valence-corrected chi connectivity index (χ1v) is 21.2. The number of benzene rings is 1. The van der Waals surface area contributed by atoms with Crippen molar-refractivity contribution < 1.29 is 38.1 Å². The van der Waals surface area contributed by atoms with Gasteiger partial charge in [0.15, 0.2) is 0 Å². The topological polar surface area (TPSA) is 161 Å². The molecule has 310 valence electrons. The molecular weight excluding hydrogens is 749 g/mol. The minimum absolute atomic E-state index is 0.00807. The van der Waals surface area contributed by atoms with Crippen LogP contribution in [0, 0.1) is 12.8 Å². The van der Waals surface area contributed by atoms with E-state index in [1.165, 1.54) is 11.9 Å². The Kier molecular flexibility index (Phi) is 11.6. The van der Waals surface area contributed by atoms with Gasteiger partial charge in [-0.15, -0.1) is 0 Å². The largest absolute Gasteiger partial charge is 0.496 e. The number of likely N-dealkylation sites (tertiary alicyclic amines) is 1. The van der Waals surface area contributed by atoms with Gasteiger partial charge in [-0.05, 0) is 97.2 Å². The summed E-state index contributed by atoms with van der Waals surface area (Å²) >= 11 is 1.42. The Balaban J connectivity index is 1.20. The molecule has 3 N–H and O–H groups in total. The lowest BCUT2D eigenvalue weighted by molar-refractivity contribution is -0.141. The Hall–Kier alpha value is -4.24. The number of hydrogen-bond donors (Lipinski definition) is 3. The van der Waals surface area contributed by atoms with Crippen LogP contribution >= 0.6 is 11.9 Å². The molecule has 2 aliphatic carbocycles. The van der Waals surface area contributed by atoms with E-state index >= 15 is 0 Å². The van der Waals surface area contributed by atoms with Crippen LogP contribution < -0.4 is 29.6 Å². The molecule has 2 aromatic rings. The molecule has 2 saturated heterocycles. The van der Waals surface area contributed by atoms with Gasteiger partial charge in [-0.1, -0.05) is 25.0 Å². The predicted molar refractivity (Wildman–Crippen MR) is 217 cm³/mol. The van der Waals surface area contributed by atoms with Crippen molar-refractivity contribution in [3.8, 4) is 17.4 Å². The summed E-state index contributed by atoms with van der Waals surface area (Å²) in [6, 6.07) is 3.31. The molecule has 7 rings (SSSR count). The van der Waals surface area contributed by atoms with E-state index in [-0.39, 0.29) is 47.6 Å². The second-order valence-electron chi connectivity index (χ2n) is 17.2. The normalized spacial score (nSPS) is 28.5. The third-order valence-electron chi connectivity index (χ3n) is 12.1. The van der Waals surface area contributed by atoms with Crippen LogP contribution in [-0.4, -0.2) is 113 Å². The van der Waals surface area contributed by atoms with E-state index in [0.29, 0.717) is 55.2 Å². The molecule has 5 aliphatic rings. The fourth-order valence-electron chi connectivity index (χ4n) is 8.14. The van der Waals surface area contributed by atoms with Crippen LogP contribution in [0.4, 0.5) is 4.79 Å². The zero-order valence-electron chi connectivity index (χ0n) is 34.3. The third kappa shape index (κ3) is 8.79. The van der Waals surface area contributed by atoms with Gasteiger partial charge < -0.3 is 39.4 Å². The number of ether oxygens (including phenoxy) is 4. The molecule has 2 saturated carbocycles. The van der Waals surface area contributed by atoms with Crippen LogP contribution in [0.5, 0.6) is 17.4 Å². The fraction of sp³-hybridized carbons (Fsp3) is 0.643. The molecular formula is C42H58N6O8S. The summed E-state index contributed by atoms with van der Waals surface area (Å²) in [7, 11) is 3.23.